The molecule has 0 spiro atoms. The van der Waals surface area contributed by atoms with Crippen LogP contribution in [-0.2, 0) is 0 Å². The topological polar surface area (TPSA) is 5.90 Å². The number of nitrogens with zero attached hydrogens (tertiary/aromatic N) is 1. The van der Waals surface area contributed by atoms with Crippen molar-refractivity contribution in [3.05, 3.63) is 35.5 Å². The molecule has 55 valence electrons. The number of hydrogen-bond acceptors (Lipinski definition) is 1. The Kier molecular flexibility index (Phi) is 1.33. The highest BCUT2D eigenvalue weighted by Crippen LogP contribution is 2.30. The Morgan fingerprint density at radius 1 is 1.18 bits per heavy atom. The highest BCUT2D eigenvalue weighted by atomic mass is 15.1. The molecule has 1 radical (unpaired) electrons. The number of allylic oxidation sites excluding steroid dienone is 1. The second-order valence-electron chi connectivity index (χ2n) is 2.90. The van der Waals surface area contributed by atoms with E-state index in [4.69, 9.17) is 0 Å². The normalized spacial score (nSPS) is 16.4. The fourth-order valence-corrected chi connectivity index (χ4v) is 1.43. The van der Waals surface area contributed by atoms with E-state index in [1.54, 1.807) is 0 Å². The van der Waals surface area contributed by atoms with Gasteiger partial charge in [-0.05, 0) is 6.07 Å². The van der Waals surface area contributed by atoms with Crippen LogP contribution in [0.3, 0.4) is 0 Å². The summed E-state index contributed by atoms with van der Waals surface area (Å²) >= 11 is 0. The fourth-order valence-electron chi connectivity index (χ4n) is 1.43. The zero-order valence-corrected chi connectivity index (χ0v) is 6.83. The van der Waals surface area contributed by atoms with Gasteiger partial charge in [0, 0.05) is 24.6 Å². The summed E-state index contributed by atoms with van der Waals surface area (Å²) in [6.45, 7) is 2.12. The van der Waals surface area contributed by atoms with Crippen LogP contribution in [0, 0.1) is 0 Å². The van der Waals surface area contributed by atoms with Crippen LogP contribution < -0.4 is 4.90 Å². The van der Waals surface area contributed by atoms with E-state index in [0.717, 1.165) is 0 Å². The second-order valence-corrected chi connectivity index (χ2v) is 2.90. The van der Waals surface area contributed by atoms with Crippen LogP contribution in [0.1, 0.15) is 12.5 Å². The molecule has 0 amide bonds. The Morgan fingerprint density at radius 3 is 2.64 bits per heavy atom. The molecule has 1 aromatic carbocycles. The van der Waals surface area contributed by atoms with Crippen molar-refractivity contribution in [1.82, 2.24) is 4.90 Å². The number of para-hydroxylation sites is 1. The molecule has 0 saturated carbocycles. The van der Waals surface area contributed by atoms with Crippen molar-refractivity contribution in [2.24, 2.45) is 0 Å². The van der Waals surface area contributed by atoms with E-state index < -0.39 is 0 Å². The minimum Gasteiger partial charge on any atom is -0.103 e. The highest BCUT2D eigenvalue weighted by Gasteiger charge is 2.24. The fraction of sp³-hybridized carbons (Fsp3) is 0.200. The van der Waals surface area contributed by atoms with Crippen LogP contribution in [0.4, 0.5) is 5.69 Å². The van der Waals surface area contributed by atoms with Crippen LogP contribution in [0.2, 0.25) is 0 Å². The monoisotopic (exact) mass is 145 g/mol. The van der Waals surface area contributed by atoms with Crippen LogP contribution in [-0.4, -0.2) is 7.05 Å². The highest BCUT2D eigenvalue weighted by molar-refractivity contribution is 5.72. The summed E-state index contributed by atoms with van der Waals surface area (Å²) in [4.78, 5) is 2.20. The molecule has 0 aliphatic carbocycles. The van der Waals surface area contributed by atoms with E-state index in [-0.39, 0.29) is 0 Å². The van der Waals surface area contributed by atoms with Gasteiger partial charge in [-0.2, -0.15) is 0 Å². The quantitative estimate of drug-likeness (QED) is 0.495. The first kappa shape index (κ1) is 6.62. The van der Waals surface area contributed by atoms with Crippen molar-refractivity contribution in [2.75, 3.05) is 7.05 Å². The van der Waals surface area contributed by atoms with Gasteiger partial charge in [0.15, 0.2) is 11.4 Å². The molecule has 0 saturated heterocycles. The third-order valence-electron chi connectivity index (χ3n) is 2.19. The lowest BCUT2D eigenvalue weighted by atomic mass is 10.2. The maximum absolute atomic E-state index is 2.20. The Balaban J connectivity index is 2.58. The van der Waals surface area contributed by atoms with Gasteiger partial charge in [0.05, 0.1) is 0 Å². The molecule has 2 rings (SSSR count). The number of anilines is 1. The third kappa shape index (κ3) is 0.889. The minimum atomic E-state index is 1.31. The molecular weight excluding hydrogens is 134 g/mol. The average molecular weight is 145 g/mol. The van der Waals surface area contributed by atoms with Crippen molar-refractivity contribution in [2.45, 2.75) is 6.92 Å². The van der Waals surface area contributed by atoms with E-state index in [2.05, 4.69) is 49.2 Å². The summed E-state index contributed by atoms with van der Waals surface area (Å²) in [5.74, 6) is 0. The summed E-state index contributed by atoms with van der Waals surface area (Å²) in [6, 6.07) is 8.42. The van der Waals surface area contributed by atoms with Gasteiger partial charge in [-0.1, -0.05) is 12.1 Å². The lowest BCUT2D eigenvalue weighted by Gasteiger charge is -1.98. The summed E-state index contributed by atoms with van der Waals surface area (Å²) in [6.07, 6.45) is 2.20. The summed E-state index contributed by atoms with van der Waals surface area (Å²) in [5.41, 5.74) is 3.95. The summed E-state index contributed by atoms with van der Waals surface area (Å²) in [7, 11) is 2.09. The first-order valence-corrected chi connectivity index (χ1v) is 3.80. The van der Waals surface area contributed by atoms with Gasteiger partial charge in [-0.3, -0.25) is 0 Å². The molecule has 1 aliphatic rings. The third-order valence-corrected chi connectivity index (χ3v) is 2.19. The Bertz CT molecular complexity index is 312. The second kappa shape index (κ2) is 2.21. The van der Waals surface area contributed by atoms with Gasteiger partial charge in [-0.25, -0.2) is 0 Å². The first-order valence-electron chi connectivity index (χ1n) is 3.80. The first-order chi connectivity index (χ1) is 5.29. The molecule has 11 heavy (non-hydrogen) atoms. The molecule has 1 aliphatic heterocycles. The molecule has 0 N–H and O–H groups in total. The maximum Gasteiger partial charge on any atom is 0.193 e. The minimum absolute atomic E-state index is 1.31. The lowest BCUT2D eigenvalue weighted by molar-refractivity contribution is 0.781. The standard InChI is InChI=1S/C10H11N/c1-8-7-9-5-3-4-6-10(9)11(8)2/h3-7H,1-2H3/q+1. The van der Waals surface area contributed by atoms with E-state index in [1.165, 1.54) is 16.9 Å². The van der Waals surface area contributed by atoms with Gasteiger partial charge < -0.3 is 0 Å². The van der Waals surface area contributed by atoms with Crippen LogP contribution in [0.5, 0.6) is 0 Å². The zero-order valence-electron chi connectivity index (χ0n) is 6.83. The van der Waals surface area contributed by atoms with E-state index in [0.29, 0.717) is 0 Å². The molecule has 1 nitrogen and oxygen atoms in total. The Labute approximate surface area is 67.0 Å². The number of rotatable bonds is 0. The molecule has 1 aromatic rings. The maximum atomic E-state index is 2.20. The van der Waals surface area contributed by atoms with E-state index in [1.807, 2.05) is 0 Å². The van der Waals surface area contributed by atoms with Gasteiger partial charge >= 0.3 is 0 Å². The van der Waals surface area contributed by atoms with Crippen molar-refractivity contribution in [3.63, 3.8) is 0 Å². The number of hydrogen-bond donors (Lipinski definition) is 0. The number of fused-ring (bicyclic) bond motifs is 1. The molecule has 0 atom stereocenters. The molecule has 0 aromatic heterocycles. The molecule has 0 fully saturated rings. The van der Waals surface area contributed by atoms with Gasteiger partial charge in [-0.15, -0.1) is 4.90 Å². The van der Waals surface area contributed by atoms with E-state index >= 15 is 0 Å². The smallest absolute Gasteiger partial charge is 0.103 e. The summed E-state index contributed by atoms with van der Waals surface area (Å²) in [5, 5.41) is 0. The largest absolute Gasteiger partial charge is 0.193 e. The van der Waals surface area contributed by atoms with Gasteiger partial charge in [0.25, 0.3) is 0 Å². The molecule has 1 heterocycles. The zero-order chi connectivity index (χ0) is 7.84. The van der Waals surface area contributed by atoms with Crippen molar-refractivity contribution < 1.29 is 0 Å². The Hall–Kier alpha value is -1.08. The summed E-state index contributed by atoms with van der Waals surface area (Å²) < 4.78 is 0. The predicted octanol–water partition coefficient (Wildman–Crippen LogP) is 2.46. The molecule has 0 bridgehead atoms. The van der Waals surface area contributed by atoms with Gasteiger partial charge in [0.1, 0.15) is 7.05 Å². The van der Waals surface area contributed by atoms with Crippen molar-refractivity contribution in [1.29, 1.82) is 0 Å². The average Bonchev–Trinajstić information content (AvgIpc) is 2.30. The lowest BCUT2D eigenvalue weighted by Crippen LogP contribution is -2.11. The van der Waals surface area contributed by atoms with Crippen molar-refractivity contribution >= 4 is 11.8 Å². The SMILES string of the molecule is CC1=Cc2ccccc2[N+]1C. The molecule has 1 heteroatoms. The van der Waals surface area contributed by atoms with E-state index in [9.17, 15) is 0 Å². The van der Waals surface area contributed by atoms with Crippen LogP contribution >= 0.6 is 0 Å². The predicted molar refractivity (Wildman–Crippen MR) is 47.8 cm³/mol. The van der Waals surface area contributed by atoms with Crippen molar-refractivity contribution in [3.8, 4) is 0 Å². The molecule has 0 unspecified atom stereocenters. The van der Waals surface area contributed by atoms with Crippen LogP contribution in [0.15, 0.2) is 30.0 Å². The van der Waals surface area contributed by atoms with Gasteiger partial charge in [0.2, 0.25) is 0 Å². The Morgan fingerprint density at radius 2 is 1.91 bits per heavy atom. The number of benzene rings is 1. The molecular formula is C10H11N+. The van der Waals surface area contributed by atoms with Crippen LogP contribution in [0.25, 0.3) is 6.08 Å².